The molecule has 0 aliphatic rings. The van der Waals surface area contributed by atoms with Gasteiger partial charge in [0.1, 0.15) is 18.1 Å². The van der Waals surface area contributed by atoms with E-state index in [1.165, 1.54) is 16.9 Å². The predicted molar refractivity (Wildman–Crippen MR) is 124 cm³/mol. The molecule has 0 radical (unpaired) electrons. The number of carbonyl (C=O) groups is 1. The van der Waals surface area contributed by atoms with Crippen LogP contribution in [0.25, 0.3) is 11.3 Å². The lowest BCUT2D eigenvalue weighted by atomic mass is 10.1. The number of ether oxygens (including phenoxy) is 1. The molecular weight excluding hydrogens is 455 g/mol. The van der Waals surface area contributed by atoms with Gasteiger partial charge in [0.25, 0.3) is 5.91 Å². The number of amides is 1. The van der Waals surface area contributed by atoms with Crippen molar-refractivity contribution in [2.45, 2.75) is 20.5 Å². The van der Waals surface area contributed by atoms with E-state index in [-0.39, 0.29) is 18.3 Å². The molecule has 0 spiro atoms. The van der Waals surface area contributed by atoms with Crippen LogP contribution in [0.3, 0.4) is 0 Å². The number of benzene rings is 2. The van der Waals surface area contributed by atoms with Gasteiger partial charge in [0.05, 0.1) is 10.7 Å². The molecule has 158 valence electrons. The van der Waals surface area contributed by atoms with Crippen LogP contribution < -0.4 is 10.1 Å². The fourth-order valence-corrected chi connectivity index (χ4v) is 4.20. The number of nitrogens with zero attached hydrogens (tertiary/aromatic N) is 1. The Hall–Kier alpha value is -2.80. The fourth-order valence-electron chi connectivity index (χ4n) is 2.91. The molecule has 0 unspecified atom stereocenters. The molecule has 8 heteroatoms. The van der Waals surface area contributed by atoms with Gasteiger partial charge in [0.2, 0.25) is 0 Å². The number of hydrogen-bond donors (Lipinski definition) is 1. The second kappa shape index (κ2) is 9.14. The standard InChI is InChI=1S/C23H18Cl2N2O3S/c1-13-3-5-15(6-4-13)21-14(2)31-23(26-21)27-22(28)20-10-8-17(30-20)12-29-19-9-7-16(24)11-18(19)25/h3-11H,12H2,1-2H3,(H,26,27,28). The molecule has 2 aromatic heterocycles. The van der Waals surface area contributed by atoms with Crippen molar-refractivity contribution in [2.75, 3.05) is 5.32 Å². The molecule has 0 saturated carbocycles. The Bertz CT molecular complexity index is 1230. The largest absolute Gasteiger partial charge is 0.484 e. The van der Waals surface area contributed by atoms with E-state index < -0.39 is 0 Å². The van der Waals surface area contributed by atoms with E-state index >= 15 is 0 Å². The van der Waals surface area contributed by atoms with Crippen molar-refractivity contribution < 1.29 is 13.9 Å². The summed E-state index contributed by atoms with van der Waals surface area (Å²) < 4.78 is 11.2. The number of anilines is 1. The summed E-state index contributed by atoms with van der Waals surface area (Å²) in [5.74, 6) is 0.771. The minimum atomic E-state index is -0.375. The third-order valence-electron chi connectivity index (χ3n) is 4.49. The molecule has 0 aliphatic heterocycles. The number of hydrogen-bond acceptors (Lipinski definition) is 5. The van der Waals surface area contributed by atoms with Crippen molar-refractivity contribution in [1.29, 1.82) is 0 Å². The zero-order valence-corrected chi connectivity index (χ0v) is 19.1. The second-order valence-electron chi connectivity index (χ2n) is 6.87. The molecule has 0 aliphatic carbocycles. The quantitative estimate of drug-likeness (QED) is 0.323. The number of rotatable bonds is 6. The first-order valence-corrected chi connectivity index (χ1v) is 11.0. The van der Waals surface area contributed by atoms with Gasteiger partial charge >= 0.3 is 0 Å². The number of aryl methyl sites for hydroxylation is 2. The first kappa shape index (κ1) is 21.4. The van der Waals surface area contributed by atoms with Crippen LogP contribution in [0.2, 0.25) is 10.0 Å². The number of furan rings is 1. The Morgan fingerprint density at radius 1 is 1.10 bits per heavy atom. The monoisotopic (exact) mass is 472 g/mol. The molecule has 4 aromatic rings. The van der Waals surface area contributed by atoms with E-state index in [9.17, 15) is 4.79 Å². The van der Waals surface area contributed by atoms with Gasteiger partial charge in [0, 0.05) is 15.5 Å². The molecule has 0 atom stereocenters. The van der Waals surface area contributed by atoms with E-state index in [4.69, 9.17) is 32.4 Å². The van der Waals surface area contributed by atoms with Crippen molar-refractivity contribution in [3.8, 4) is 17.0 Å². The summed E-state index contributed by atoms with van der Waals surface area (Å²) in [5.41, 5.74) is 3.05. The fraction of sp³-hybridized carbons (Fsp3) is 0.130. The van der Waals surface area contributed by atoms with Gasteiger partial charge in [-0.25, -0.2) is 4.98 Å². The lowest BCUT2D eigenvalue weighted by Gasteiger charge is -2.06. The highest BCUT2D eigenvalue weighted by Crippen LogP contribution is 2.31. The van der Waals surface area contributed by atoms with Gasteiger partial charge in [0.15, 0.2) is 10.9 Å². The highest BCUT2D eigenvalue weighted by Gasteiger charge is 2.16. The van der Waals surface area contributed by atoms with Crippen molar-refractivity contribution in [3.05, 3.63) is 86.6 Å². The summed E-state index contributed by atoms with van der Waals surface area (Å²) in [7, 11) is 0. The lowest BCUT2D eigenvalue weighted by molar-refractivity contribution is 0.0992. The van der Waals surface area contributed by atoms with Crippen molar-refractivity contribution >= 4 is 45.6 Å². The lowest BCUT2D eigenvalue weighted by Crippen LogP contribution is -2.10. The van der Waals surface area contributed by atoms with Crippen molar-refractivity contribution in [3.63, 3.8) is 0 Å². The Labute approximate surface area is 193 Å². The smallest absolute Gasteiger partial charge is 0.293 e. The summed E-state index contributed by atoms with van der Waals surface area (Å²) in [4.78, 5) is 18.2. The van der Waals surface area contributed by atoms with Crippen molar-refractivity contribution in [1.82, 2.24) is 4.98 Å². The van der Waals surface area contributed by atoms with Crippen LogP contribution in [-0.2, 0) is 6.61 Å². The van der Waals surface area contributed by atoms with E-state index in [1.807, 2.05) is 38.1 Å². The normalized spacial score (nSPS) is 10.8. The predicted octanol–water partition coefficient (Wildman–Crippen LogP) is 7.16. The van der Waals surface area contributed by atoms with Crippen LogP contribution in [-0.4, -0.2) is 10.9 Å². The first-order chi connectivity index (χ1) is 14.9. The van der Waals surface area contributed by atoms with Gasteiger partial charge in [-0.15, -0.1) is 11.3 Å². The number of nitrogens with one attached hydrogen (secondary N) is 1. The zero-order valence-electron chi connectivity index (χ0n) is 16.7. The topological polar surface area (TPSA) is 64.4 Å². The SMILES string of the molecule is Cc1ccc(-c2nc(NC(=O)c3ccc(COc4ccc(Cl)cc4Cl)o3)sc2C)cc1. The highest BCUT2D eigenvalue weighted by atomic mass is 35.5. The van der Waals surface area contributed by atoms with Gasteiger partial charge < -0.3 is 9.15 Å². The Kier molecular flexibility index (Phi) is 6.32. The average molecular weight is 473 g/mol. The summed E-state index contributed by atoms with van der Waals surface area (Å²) in [6.07, 6.45) is 0. The minimum absolute atomic E-state index is 0.128. The van der Waals surface area contributed by atoms with E-state index in [1.54, 1.807) is 30.3 Å². The molecule has 0 saturated heterocycles. The summed E-state index contributed by atoms with van der Waals surface area (Å²) in [5, 5.41) is 4.24. The van der Waals surface area contributed by atoms with Gasteiger partial charge in [-0.3, -0.25) is 10.1 Å². The summed E-state index contributed by atoms with van der Waals surface area (Å²) in [6.45, 7) is 4.14. The maximum absolute atomic E-state index is 12.6. The highest BCUT2D eigenvalue weighted by molar-refractivity contribution is 7.16. The van der Waals surface area contributed by atoms with Gasteiger partial charge in [-0.2, -0.15) is 0 Å². The minimum Gasteiger partial charge on any atom is -0.484 e. The van der Waals surface area contributed by atoms with E-state index in [2.05, 4.69) is 10.3 Å². The molecule has 0 bridgehead atoms. The van der Waals surface area contributed by atoms with Crippen LogP contribution in [0.5, 0.6) is 5.75 Å². The maximum Gasteiger partial charge on any atom is 0.293 e. The number of carbonyl (C=O) groups excluding carboxylic acids is 1. The third kappa shape index (κ3) is 5.10. The molecule has 4 rings (SSSR count). The number of aromatic nitrogens is 1. The molecular formula is C23H18Cl2N2O3S. The third-order valence-corrected chi connectivity index (χ3v) is 5.91. The Morgan fingerprint density at radius 3 is 2.61 bits per heavy atom. The van der Waals surface area contributed by atoms with Crippen LogP contribution in [0, 0.1) is 13.8 Å². The Morgan fingerprint density at radius 2 is 1.87 bits per heavy atom. The average Bonchev–Trinajstić information content (AvgIpc) is 3.35. The zero-order chi connectivity index (χ0) is 22.0. The molecule has 5 nitrogen and oxygen atoms in total. The second-order valence-corrected chi connectivity index (χ2v) is 8.92. The van der Waals surface area contributed by atoms with Crippen molar-refractivity contribution in [2.24, 2.45) is 0 Å². The number of halogens is 2. The molecule has 1 N–H and O–H groups in total. The summed E-state index contributed by atoms with van der Waals surface area (Å²) >= 11 is 13.4. The molecule has 31 heavy (non-hydrogen) atoms. The van der Waals surface area contributed by atoms with E-state index in [0.717, 1.165) is 16.1 Å². The van der Waals surface area contributed by atoms with Gasteiger partial charge in [-0.05, 0) is 44.2 Å². The molecule has 0 fully saturated rings. The van der Waals surface area contributed by atoms with Crippen LogP contribution in [0.1, 0.15) is 26.8 Å². The van der Waals surface area contributed by atoms with E-state index in [0.29, 0.717) is 26.7 Å². The summed E-state index contributed by atoms with van der Waals surface area (Å²) in [6, 6.07) is 16.4. The maximum atomic E-state index is 12.6. The molecule has 2 aromatic carbocycles. The van der Waals surface area contributed by atoms with Crippen LogP contribution in [0.4, 0.5) is 5.13 Å². The van der Waals surface area contributed by atoms with Crippen LogP contribution in [0.15, 0.2) is 59.0 Å². The molecule has 2 heterocycles. The molecule has 1 amide bonds. The van der Waals surface area contributed by atoms with Gasteiger partial charge in [-0.1, -0.05) is 53.0 Å². The Balaban J connectivity index is 1.41. The first-order valence-electron chi connectivity index (χ1n) is 9.41. The number of thiazole rings is 1. The van der Waals surface area contributed by atoms with Crippen LogP contribution >= 0.6 is 34.5 Å².